The summed E-state index contributed by atoms with van der Waals surface area (Å²) in [5.74, 6) is 0.0977. The van der Waals surface area contributed by atoms with Crippen LogP contribution in [0.5, 0.6) is 0 Å². The lowest BCUT2D eigenvalue weighted by molar-refractivity contribution is 0.313. The fourth-order valence-electron chi connectivity index (χ4n) is 2.45. The molecule has 1 fully saturated rings. The summed E-state index contributed by atoms with van der Waals surface area (Å²) >= 11 is 0. The summed E-state index contributed by atoms with van der Waals surface area (Å²) in [6.45, 7) is 2.98. The standard InChI is InChI=1S/C15H22FN3O/c1-11(8-12-2-4-13(16)5-3-12)18-10-15(6-7-15)9-14(17)19-20/h2-5,11,18,20H,6-10H2,1H3,(H2,17,19). The minimum atomic E-state index is -0.204. The number of oxime groups is 1. The molecule has 0 aromatic heterocycles. The van der Waals surface area contributed by atoms with Crippen molar-refractivity contribution in [1.82, 2.24) is 5.32 Å². The van der Waals surface area contributed by atoms with Gasteiger partial charge in [0.1, 0.15) is 11.7 Å². The molecule has 1 aliphatic rings. The highest BCUT2D eigenvalue weighted by molar-refractivity contribution is 5.80. The van der Waals surface area contributed by atoms with Crippen LogP contribution in [0.4, 0.5) is 4.39 Å². The molecule has 0 radical (unpaired) electrons. The summed E-state index contributed by atoms with van der Waals surface area (Å²) in [5.41, 5.74) is 6.86. The van der Waals surface area contributed by atoms with Gasteiger partial charge in [0.2, 0.25) is 0 Å². The number of rotatable bonds is 7. The number of amidine groups is 1. The molecule has 4 nitrogen and oxygen atoms in total. The van der Waals surface area contributed by atoms with Crippen LogP contribution in [0.1, 0.15) is 31.7 Å². The average molecular weight is 279 g/mol. The van der Waals surface area contributed by atoms with Crippen LogP contribution in [0.15, 0.2) is 29.4 Å². The summed E-state index contributed by atoms with van der Waals surface area (Å²) in [6.07, 6.45) is 3.72. The Labute approximate surface area is 118 Å². The van der Waals surface area contributed by atoms with Gasteiger partial charge < -0.3 is 16.3 Å². The SMILES string of the molecule is CC(Cc1ccc(F)cc1)NCC1(CC(N)=NO)CC1. The second-order valence-electron chi connectivity index (χ2n) is 5.88. The molecular weight excluding hydrogens is 257 g/mol. The molecular formula is C15H22FN3O. The molecule has 0 heterocycles. The van der Waals surface area contributed by atoms with Gasteiger partial charge in [0.05, 0.1) is 0 Å². The Morgan fingerprint density at radius 2 is 2.10 bits per heavy atom. The second-order valence-corrected chi connectivity index (χ2v) is 5.88. The topological polar surface area (TPSA) is 70.6 Å². The zero-order valence-corrected chi connectivity index (χ0v) is 11.8. The number of halogens is 1. The number of hydrogen-bond donors (Lipinski definition) is 3. The molecule has 110 valence electrons. The van der Waals surface area contributed by atoms with Gasteiger partial charge in [0, 0.05) is 19.0 Å². The summed E-state index contributed by atoms with van der Waals surface area (Å²) < 4.78 is 12.8. The van der Waals surface area contributed by atoms with Gasteiger partial charge in [-0.3, -0.25) is 0 Å². The Kier molecular flexibility index (Phi) is 4.60. The fraction of sp³-hybridized carbons (Fsp3) is 0.533. The maximum absolute atomic E-state index is 12.8. The number of benzene rings is 1. The molecule has 5 heteroatoms. The Bertz CT molecular complexity index is 469. The molecule has 20 heavy (non-hydrogen) atoms. The van der Waals surface area contributed by atoms with Crippen LogP contribution in [-0.4, -0.2) is 23.6 Å². The Balaban J connectivity index is 1.78. The van der Waals surface area contributed by atoms with Crippen molar-refractivity contribution in [2.75, 3.05) is 6.54 Å². The van der Waals surface area contributed by atoms with Crippen molar-refractivity contribution in [2.24, 2.45) is 16.3 Å². The van der Waals surface area contributed by atoms with Gasteiger partial charge >= 0.3 is 0 Å². The van der Waals surface area contributed by atoms with E-state index in [-0.39, 0.29) is 11.2 Å². The van der Waals surface area contributed by atoms with Gasteiger partial charge in [-0.05, 0) is 49.3 Å². The van der Waals surface area contributed by atoms with Gasteiger partial charge in [-0.2, -0.15) is 0 Å². The summed E-state index contributed by atoms with van der Waals surface area (Å²) in [5, 5.41) is 15.2. The van der Waals surface area contributed by atoms with E-state index in [1.165, 1.54) is 12.1 Å². The molecule has 1 saturated carbocycles. The molecule has 1 unspecified atom stereocenters. The Morgan fingerprint density at radius 1 is 1.45 bits per heavy atom. The molecule has 1 aliphatic carbocycles. The molecule has 0 bridgehead atoms. The number of nitrogens with zero attached hydrogens (tertiary/aromatic N) is 1. The van der Waals surface area contributed by atoms with E-state index in [9.17, 15) is 4.39 Å². The maximum Gasteiger partial charge on any atom is 0.139 e. The molecule has 0 aliphatic heterocycles. The van der Waals surface area contributed by atoms with Gasteiger partial charge in [-0.15, -0.1) is 0 Å². The molecule has 0 saturated heterocycles. The van der Waals surface area contributed by atoms with E-state index in [1.54, 1.807) is 0 Å². The normalized spacial score (nSPS) is 18.8. The smallest absolute Gasteiger partial charge is 0.139 e. The van der Waals surface area contributed by atoms with E-state index in [0.717, 1.165) is 31.4 Å². The number of nitrogens with two attached hydrogens (primary N) is 1. The first-order valence-corrected chi connectivity index (χ1v) is 6.97. The number of hydrogen-bond acceptors (Lipinski definition) is 3. The molecule has 1 aromatic rings. The van der Waals surface area contributed by atoms with Crippen molar-refractivity contribution < 1.29 is 9.60 Å². The predicted molar refractivity (Wildman–Crippen MR) is 77.3 cm³/mol. The Hall–Kier alpha value is -1.62. The van der Waals surface area contributed by atoms with Crippen LogP contribution in [-0.2, 0) is 6.42 Å². The third kappa shape index (κ3) is 4.20. The summed E-state index contributed by atoms with van der Waals surface area (Å²) in [6, 6.07) is 6.92. The van der Waals surface area contributed by atoms with Crippen LogP contribution in [0, 0.1) is 11.2 Å². The number of nitrogens with one attached hydrogen (secondary N) is 1. The van der Waals surface area contributed by atoms with Gasteiger partial charge in [-0.25, -0.2) is 4.39 Å². The quantitative estimate of drug-likeness (QED) is 0.310. The zero-order chi connectivity index (χ0) is 14.6. The third-order valence-corrected chi connectivity index (χ3v) is 3.92. The van der Waals surface area contributed by atoms with E-state index in [0.29, 0.717) is 18.3 Å². The van der Waals surface area contributed by atoms with E-state index in [2.05, 4.69) is 17.4 Å². The minimum absolute atomic E-state index is 0.160. The molecule has 4 N–H and O–H groups in total. The van der Waals surface area contributed by atoms with Crippen molar-refractivity contribution in [3.05, 3.63) is 35.6 Å². The third-order valence-electron chi connectivity index (χ3n) is 3.92. The van der Waals surface area contributed by atoms with Crippen LogP contribution >= 0.6 is 0 Å². The van der Waals surface area contributed by atoms with E-state index in [1.807, 2.05) is 12.1 Å². The zero-order valence-electron chi connectivity index (χ0n) is 11.8. The van der Waals surface area contributed by atoms with Crippen LogP contribution < -0.4 is 11.1 Å². The summed E-state index contributed by atoms with van der Waals surface area (Å²) in [4.78, 5) is 0. The molecule has 0 spiro atoms. The van der Waals surface area contributed by atoms with E-state index in [4.69, 9.17) is 10.9 Å². The monoisotopic (exact) mass is 279 g/mol. The summed E-state index contributed by atoms with van der Waals surface area (Å²) in [7, 11) is 0. The van der Waals surface area contributed by atoms with Crippen LogP contribution in [0.3, 0.4) is 0 Å². The van der Waals surface area contributed by atoms with Gasteiger partial charge in [0.25, 0.3) is 0 Å². The lowest BCUT2D eigenvalue weighted by Crippen LogP contribution is -2.35. The Morgan fingerprint density at radius 3 is 2.65 bits per heavy atom. The first kappa shape index (κ1) is 14.8. The van der Waals surface area contributed by atoms with E-state index < -0.39 is 0 Å². The molecule has 1 atom stereocenters. The highest BCUT2D eigenvalue weighted by Crippen LogP contribution is 2.48. The fourth-order valence-corrected chi connectivity index (χ4v) is 2.45. The largest absolute Gasteiger partial charge is 0.409 e. The molecule has 1 aromatic carbocycles. The minimum Gasteiger partial charge on any atom is -0.409 e. The lowest BCUT2D eigenvalue weighted by atomic mass is 10.0. The maximum atomic E-state index is 12.8. The van der Waals surface area contributed by atoms with Gasteiger partial charge in [-0.1, -0.05) is 17.3 Å². The lowest BCUT2D eigenvalue weighted by Gasteiger charge is -2.19. The first-order valence-electron chi connectivity index (χ1n) is 6.97. The van der Waals surface area contributed by atoms with Crippen LogP contribution in [0.2, 0.25) is 0 Å². The second kappa shape index (κ2) is 6.22. The molecule has 2 rings (SSSR count). The highest BCUT2D eigenvalue weighted by atomic mass is 19.1. The predicted octanol–water partition coefficient (Wildman–Crippen LogP) is 2.26. The first-order chi connectivity index (χ1) is 9.53. The molecule has 0 amide bonds. The van der Waals surface area contributed by atoms with Crippen LogP contribution in [0.25, 0.3) is 0 Å². The van der Waals surface area contributed by atoms with Crippen molar-refractivity contribution in [2.45, 2.75) is 38.6 Å². The van der Waals surface area contributed by atoms with Crippen molar-refractivity contribution in [1.29, 1.82) is 0 Å². The van der Waals surface area contributed by atoms with E-state index >= 15 is 0 Å². The highest BCUT2D eigenvalue weighted by Gasteiger charge is 2.43. The average Bonchev–Trinajstić information content (AvgIpc) is 3.19. The van der Waals surface area contributed by atoms with Crippen molar-refractivity contribution in [3.63, 3.8) is 0 Å². The van der Waals surface area contributed by atoms with Crippen molar-refractivity contribution >= 4 is 5.84 Å². The van der Waals surface area contributed by atoms with Crippen molar-refractivity contribution in [3.8, 4) is 0 Å². The van der Waals surface area contributed by atoms with Gasteiger partial charge in [0.15, 0.2) is 0 Å².